The van der Waals surface area contributed by atoms with E-state index in [9.17, 15) is 5.11 Å². The number of hydrogen-bond acceptors (Lipinski definition) is 3. The largest absolute Gasteiger partial charge is 0.388 e. The number of rotatable bonds is 7. The van der Waals surface area contributed by atoms with Crippen LogP contribution in [-0.2, 0) is 13.0 Å². The van der Waals surface area contributed by atoms with Gasteiger partial charge in [-0.3, -0.25) is 0 Å². The minimum Gasteiger partial charge on any atom is -0.388 e. The predicted octanol–water partition coefficient (Wildman–Crippen LogP) is 4.61. The number of aromatic nitrogens is 2. The van der Waals surface area contributed by atoms with Gasteiger partial charge in [0.15, 0.2) is 0 Å². The first-order valence-corrected chi connectivity index (χ1v) is 9.26. The number of imidazole rings is 1. The predicted molar refractivity (Wildman–Crippen MR) is 109 cm³/mol. The van der Waals surface area contributed by atoms with Crippen LogP contribution in [-0.4, -0.2) is 14.5 Å². The molecule has 0 saturated heterocycles. The molecule has 0 aliphatic rings. The van der Waals surface area contributed by atoms with Gasteiger partial charge in [0, 0.05) is 36.4 Å². The molecular formula is C23H23N3O. The van der Waals surface area contributed by atoms with Gasteiger partial charge >= 0.3 is 0 Å². The number of aliphatic hydroxyl groups excluding tert-OH is 1. The molecule has 0 aliphatic carbocycles. The van der Waals surface area contributed by atoms with E-state index in [0.717, 1.165) is 35.4 Å². The Balaban J connectivity index is 1.38. The van der Waals surface area contributed by atoms with E-state index in [1.165, 1.54) is 5.56 Å². The van der Waals surface area contributed by atoms with Crippen LogP contribution >= 0.6 is 0 Å². The van der Waals surface area contributed by atoms with Crippen LogP contribution in [0.1, 0.15) is 29.2 Å². The minimum atomic E-state index is -0.430. The maximum atomic E-state index is 10.4. The molecule has 1 atom stereocenters. The molecule has 0 spiro atoms. The van der Waals surface area contributed by atoms with E-state index >= 15 is 0 Å². The molecule has 0 radical (unpaired) electrons. The molecule has 0 bridgehead atoms. The highest BCUT2D eigenvalue weighted by atomic mass is 16.3. The Hall–Kier alpha value is -3.11. The van der Waals surface area contributed by atoms with Crippen molar-refractivity contribution in [3.63, 3.8) is 0 Å². The van der Waals surface area contributed by atoms with Gasteiger partial charge in [-0.15, -0.1) is 0 Å². The Bertz CT molecular complexity index is 1010. The third-order valence-corrected chi connectivity index (χ3v) is 4.80. The number of nitrogens with zero attached hydrogens (tertiary/aromatic N) is 2. The topological polar surface area (TPSA) is 49.6 Å². The molecule has 1 unspecified atom stereocenters. The molecule has 4 aromatic rings. The zero-order chi connectivity index (χ0) is 18.5. The van der Waals surface area contributed by atoms with Gasteiger partial charge in [0.2, 0.25) is 0 Å². The summed E-state index contributed by atoms with van der Waals surface area (Å²) in [5.41, 5.74) is 5.41. The van der Waals surface area contributed by atoms with Gasteiger partial charge in [-0.2, -0.15) is 0 Å². The van der Waals surface area contributed by atoms with Gasteiger partial charge < -0.3 is 14.8 Å². The second-order valence-corrected chi connectivity index (χ2v) is 6.71. The number of nitrogens with one attached hydrogen (secondary N) is 1. The van der Waals surface area contributed by atoms with E-state index in [0.29, 0.717) is 6.42 Å². The normalized spacial score (nSPS) is 12.2. The van der Waals surface area contributed by atoms with Crippen LogP contribution in [0.4, 0.5) is 5.69 Å². The quantitative estimate of drug-likeness (QED) is 0.508. The number of aryl methyl sites for hydroxylation is 1. The summed E-state index contributed by atoms with van der Waals surface area (Å²) in [5.74, 6) is 0. The van der Waals surface area contributed by atoms with Gasteiger partial charge in [-0.25, -0.2) is 4.98 Å². The summed E-state index contributed by atoms with van der Waals surface area (Å²) in [6, 6.07) is 22.4. The van der Waals surface area contributed by atoms with Crippen molar-refractivity contribution in [1.82, 2.24) is 9.38 Å². The van der Waals surface area contributed by atoms with Crippen molar-refractivity contribution in [3.05, 3.63) is 102 Å². The molecule has 0 fully saturated rings. The van der Waals surface area contributed by atoms with E-state index in [2.05, 4.69) is 40.6 Å². The lowest BCUT2D eigenvalue weighted by atomic mass is 10.0. The van der Waals surface area contributed by atoms with E-state index in [1.54, 1.807) is 0 Å². The molecular weight excluding hydrogens is 334 g/mol. The summed E-state index contributed by atoms with van der Waals surface area (Å²) >= 11 is 0. The maximum absolute atomic E-state index is 10.4. The fourth-order valence-electron chi connectivity index (χ4n) is 3.33. The molecule has 2 aromatic heterocycles. The van der Waals surface area contributed by atoms with Gasteiger partial charge in [-0.05, 0) is 42.2 Å². The highest BCUT2D eigenvalue weighted by molar-refractivity contribution is 5.52. The van der Waals surface area contributed by atoms with Gasteiger partial charge in [0.1, 0.15) is 5.65 Å². The van der Waals surface area contributed by atoms with Crippen LogP contribution in [0, 0.1) is 0 Å². The standard InChI is InChI=1S/C23H23N3O/c27-22(19-7-2-1-3-8-19)12-11-18-6-4-10-21(16-18)25-17-20-9-5-14-26-15-13-24-23(20)26/h1-10,13-16,22,25,27H,11-12,17H2. The van der Waals surface area contributed by atoms with E-state index in [4.69, 9.17) is 0 Å². The Labute approximate surface area is 159 Å². The van der Waals surface area contributed by atoms with Gasteiger partial charge in [-0.1, -0.05) is 48.5 Å². The zero-order valence-corrected chi connectivity index (χ0v) is 15.1. The fourth-order valence-corrected chi connectivity index (χ4v) is 3.33. The van der Waals surface area contributed by atoms with Crippen LogP contribution in [0.2, 0.25) is 0 Å². The molecule has 0 amide bonds. The molecule has 0 saturated carbocycles. The molecule has 4 nitrogen and oxygen atoms in total. The van der Waals surface area contributed by atoms with Gasteiger partial charge in [0.25, 0.3) is 0 Å². The summed E-state index contributed by atoms with van der Waals surface area (Å²) in [6.07, 6.45) is 6.89. The van der Waals surface area contributed by atoms with Crippen molar-refractivity contribution < 1.29 is 5.11 Å². The van der Waals surface area contributed by atoms with Gasteiger partial charge in [0.05, 0.1) is 6.10 Å². The van der Waals surface area contributed by atoms with E-state index in [-0.39, 0.29) is 0 Å². The lowest BCUT2D eigenvalue weighted by Gasteiger charge is -2.12. The fraction of sp³-hybridized carbons (Fsp3) is 0.174. The SMILES string of the molecule is OC(CCc1cccc(NCc2cccn3ccnc23)c1)c1ccccc1. The molecule has 136 valence electrons. The first-order chi connectivity index (χ1) is 13.3. The summed E-state index contributed by atoms with van der Waals surface area (Å²) in [5, 5.41) is 13.8. The number of pyridine rings is 1. The summed E-state index contributed by atoms with van der Waals surface area (Å²) in [4.78, 5) is 4.42. The van der Waals surface area contributed by atoms with Crippen molar-refractivity contribution in [2.24, 2.45) is 0 Å². The average Bonchev–Trinajstić information content (AvgIpc) is 3.21. The molecule has 4 rings (SSSR count). The Morgan fingerprint density at radius 1 is 0.963 bits per heavy atom. The average molecular weight is 357 g/mol. The highest BCUT2D eigenvalue weighted by Gasteiger charge is 2.07. The molecule has 2 aromatic carbocycles. The molecule has 0 aliphatic heterocycles. The Morgan fingerprint density at radius 3 is 2.74 bits per heavy atom. The maximum Gasteiger partial charge on any atom is 0.141 e. The number of anilines is 1. The number of aliphatic hydroxyl groups is 1. The Morgan fingerprint density at radius 2 is 1.85 bits per heavy atom. The molecule has 4 heteroatoms. The van der Waals surface area contributed by atoms with Crippen LogP contribution < -0.4 is 5.32 Å². The second kappa shape index (κ2) is 8.06. The molecule has 27 heavy (non-hydrogen) atoms. The van der Waals surface area contributed by atoms with Crippen molar-refractivity contribution in [2.45, 2.75) is 25.5 Å². The minimum absolute atomic E-state index is 0.430. The van der Waals surface area contributed by atoms with Crippen LogP contribution in [0.25, 0.3) is 5.65 Å². The number of benzene rings is 2. The smallest absolute Gasteiger partial charge is 0.141 e. The van der Waals surface area contributed by atoms with Crippen molar-refractivity contribution >= 4 is 11.3 Å². The van der Waals surface area contributed by atoms with Crippen LogP contribution in [0.5, 0.6) is 0 Å². The lowest BCUT2D eigenvalue weighted by molar-refractivity contribution is 0.168. The van der Waals surface area contributed by atoms with Crippen molar-refractivity contribution in [1.29, 1.82) is 0 Å². The lowest BCUT2D eigenvalue weighted by Crippen LogP contribution is -2.03. The summed E-state index contributed by atoms with van der Waals surface area (Å²) < 4.78 is 2.03. The van der Waals surface area contributed by atoms with Crippen LogP contribution in [0.3, 0.4) is 0 Å². The molecule has 2 heterocycles. The van der Waals surface area contributed by atoms with E-state index in [1.807, 2.05) is 59.4 Å². The monoisotopic (exact) mass is 357 g/mol. The summed E-state index contributed by atoms with van der Waals surface area (Å²) in [6.45, 7) is 0.720. The first kappa shape index (κ1) is 17.3. The van der Waals surface area contributed by atoms with E-state index < -0.39 is 6.10 Å². The third-order valence-electron chi connectivity index (χ3n) is 4.80. The molecule has 2 N–H and O–H groups in total. The van der Waals surface area contributed by atoms with Crippen molar-refractivity contribution in [3.8, 4) is 0 Å². The number of hydrogen-bond donors (Lipinski definition) is 2. The van der Waals surface area contributed by atoms with Crippen LogP contribution in [0.15, 0.2) is 85.3 Å². The Kier molecular flexibility index (Phi) is 5.17. The van der Waals surface area contributed by atoms with Crippen molar-refractivity contribution in [2.75, 3.05) is 5.32 Å². The first-order valence-electron chi connectivity index (χ1n) is 9.26. The third kappa shape index (κ3) is 4.18. The zero-order valence-electron chi connectivity index (χ0n) is 15.1. The number of fused-ring (bicyclic) bond motifs is 1. The second-order valence-electron chi connectivity index (χ2n) is 6.71. The summed E-state index contributed by atoms with van der Waals surface area (Å²) in [7, 11) is 0. The highest BCUT2D eigenvalue weighted by Crippen LogP contribution is 2.20.